The SMILES string of the molecule is COc1ccc2c(c1)C(=O)N(C)C2.C\C=C/C(C#C[C@@H]1NC(=O)NC1=O)=C\C=C\C(=N\O)N1CCN(CCCC)CC1. The molecular formula is C31H40N6O5. The molecular weight excluding hydrogens is 536 g/mol. The topological polar surface area (TPSA) is 127 Å². The van der Waals surface area contributed by atoms with Crippen molar-refractivity contribution in [2.75, 3.05) is 46.9 Å². The Morgan fingerprint density at radius 3 is 2.57 bits per heavy atom. The molecule has 3 N–H and O–H groups in total. The van der Waals surface area contributed by atoms with Crippen molar-refractivity contribution in [3.8, 4) is 17.6 Å². The maximum atomic E-state index is 11.6. The van der Waals surface area contributed by atoms with Crippen LogP contribution in [0, 0.1) is 11.8 Å². The van der Waals surface area contributed by atoms with Gasteiger partial charge in [0.15, 0.2) is 11.9 Å². The number of rotatable bonds is 7. The van der Waals surface area contributed by atoms with Crippen LogP contribution in [0.5, 0.6) is 5.75 Å². The number of urea groups is 1. The van der Waals surface area contributed by atoms with Crippen LogP contribution in [0.25, 0.3) is 0 Å². The number of amidine groups is 1. The number of hydrogen-bond donors (Lipinski definition) is 3. The van der Waals surface area contributed by atoms with Crippen LogP contribution in [0.1, 0.15) is 42.6 Å². The number of fused-ring (bicyclic) bond motifs is 1. The second kappa shape index (κ2) is 16.0. The van der Waals surface area contributed by atoms with E-state index in [-0.39, 0.29) is 5.91 Å². The number of carbonyl (C=O) groups is 3. The summed E-state index contributed by atoms with van der Waals surface area (Å²) in [6.07, 6.45) is 11.3. The summed E-state index contributed by atoms with van der Waals surface area (Å²) in [5.74, 6) is 6.49. The van der Waals surface area contributed by atoms with Crippen molar-refractivity contribution >= 4 is 23.7 Å². The molecule has 0 aliphatic carbocycles. The van der Waals surface area contributed by atoms with E-state index in [1.165, 1.54) is 12.8 Å². The fourth-order valence-electron chi connectivity index (χ4n) is 4.57. The average Bonchev–Trinajstić information content (AvgIpc) is 3.48. The molecule has 0 aromatic heterocycles. The Morgan fingerprint density at radius 2 is 1.95 bits per heavy atom. The monoisotopic (exact) mass is 576 g/mol. The van der Waals surface area contributed by atoms with Crippen LogP contribution >= 0.6 is 0 Å². The van der Waals surface area contributed by atoms with Gasteiger partial charge in [-0.15, -0.1) is 0 Å². The standard InChI is InChI=1S/C21H29N5O3.C10H11NO2/c1-3-5-12-25-13-15-26(16-14-25)19(24-29)9-6-8-17(7-4-2)10-11-18-20(27)23-21(28)22-18;1-11-6-7-3-4-8(13-2)5-9(7)10(11)12/h4,6-9,18,29H,3,5,12-16H2,1-2H3,(H2,22,23,27,28);3-5H,6H2,1-2H3/b7-4-,9-6+,17-8+,24-19-;/t18-;/m0./s1. The van der Waals surface area contributed by atoms with Gasteiger partial charge in [-0.05, 0) is 49.7 Å². The number of nitrogens with zero attached hydrogens (tertiary/aromatic N) is 4. The van der Waals surface area contributed by atoms with Crippen molar-refractivity contribution in [1.29, 1.82) is 0 Å². The van der Waals surface area contributed by atoms with E-state index in [0.29, 0.717) is 18.0 Å². The molecule has 3 aliphatic rings. The van der Waals surface area contributed by atoms with Gasteiger partial charge in [0.2, 0.25) is 0 Å². The molecule has 0 radical (unpaired) electrons. The Hall–Kier alpha value is -4.56. The molecule has 2 saturated heterocycles. The van der Waals surface area contributed by atoms with Crippen molar-refractivity contribution in [3.05, 3.63) is 65.3 Å². The summed E-state index contributed by atoms with van der Waals surface area (Å²) in [7, 11) is 3.40. The lowest BCUT2D eigenvalue weighted by molar-refractivity contribution is -0.119. The van der Waals surface area contributed by atoms with E-state index >= 15 is 0 Å². The molecule has 42 heavy (non-hydrogen) atoms. The second-order valence-electron chi connectivity index (χ2n) is 9.97. The van der Waals surface area contributed by atoms with Gasteiger partial charge in [-0.1, -0.05) is 54.6 Å². The normalized spacial score (nSPS) is 19.3. The Morgan fingerprint density at radius 1 is 1.19 bits per heavy atom. The highest BCUT2D eigenvalue weighted by molar-refractivity contribution is 6.06. The van der Waals surface area contributed by atoms with Crippen molar-refractivity contribution in [1.82, 2.24) is 25.3 Å². The van der Waals surface area contributed by atoms with E-state index < -0.39 is 18.0 Å². The third-order valence-electron chi connectivity index (χ3n) is 6.93. The van der Waals surface area contributed by atoms with E-state index in [0.717, 1.165) is 49.6 Å². The lowest BCUT2D eigenvalue weighted by Gasteiger charge is -2.35. The Labute approximate surface area is 247 Å². The first-order valence-corrected chi connectivity index (χ1v) is 14.0. The summed E-state index contributed by atoms with van der Waals surface area (Å²) < 4.78 is 5.05. The van der Waals surface area contributed by atoms with Crippen molar-refractivity contribution < 1.29 is 24.3 Å². The van der Waals surface area contributed by atoms with E-state index in [9.17, 15) is 19.6 Å². The van der Waals surface area contributed by atoms with Crippen LogP contribution in [0.4, 0.5) is 4.79 Å². The molecule has 11 nitrogen and oxygen atoms in total. The van der Waals surface area contributed by atoms with E-state index in [1.807, 2.05) is 30.0 Å². The van der Waals surface area contributed by atoms with Gasteiger partial charge in [0.1, 0.15) is 5.75 Å². The van der Waals surface area contributed by atoms with E-state index in [2.05, 4.69) is 39.5 Å². The van der Waals surface area contributed by atoms with Gasteiger partial charge in [0.25, 0.3) is 11.8 Å². The molecule has 3 heterocycles. The minimum Gasteiger partial charge on any atom is -0.497 e. The van der Waals surface area contributed by atoms with Gasteiger partial charge < -0.3 is 25.1 Å². The number of carbonyl (C=O) groups excluding carboxylic acids is 3. The van der Waals surface area contributed by atoms with Crippen LogP contribution in [0.15, 0.2) is 59.3 Å². The quantitative estimate of drug-likeness (QED) is 0.0867. The average molecular weight is 577 g/mol. The number of ether oxygens (including phenoxy) is 1. The lowest BCUT2D eigenvalue weighted by Crippen LogP contribution is -2.48. The fourth-order valence-corrected chi connectivity index (χ4v) is 4.57. The predicted octanol–water partition coefficient (Wildman–Crippen LogP) is 2.74. The van der Waals surface area contributed by atoms with Gasteiger partial charge in [0.05, 0.1) is 7.11 Å². The summed E-state index contributed by atoms with van der Waals surface area (Å²) in [5.41, 5.74) is 2.51. The largest absolute Gasteiger partial charge is 0.497 e. The maximum absolute atomic E-state index is 11.6. The highest BCUT2D eigenvalue weighted by Gasteiger charge is 2.27. The summed E-state index contributed by atoms with van der Waals surface area (Å²) in [4.78, 5) is 40.4. The molecule has 11 heteroatoms. The molecule has 0 bridgehead atoms. The van der Waals surface area contributed by atoms with E-state index in [1.54, 1.807) is 49.4 Å². The molecule has 4 amide bonds. The zero-order valence-electron chi connectivity index (χ0n) is 24.7. The van der Waals surface area contributed by atoms with Crippen molar-refractivity contribution in [2.24, 2.45) is 5.16 Å². The molecule has 4 rings (SSSR count). The molecule has 0 saturated carbocycles. The third kappa shape index (κ3) is 8.97. The summed E-state index contributed by atoms with van der Waals surface area (Å²) in [5, 5.41) is 17.4. The number of amides is 4. The minimum absolute atomic E-state index is 0.0777. The number of benzene rings is 1. The number of imide groups is 1. The first-order valence-electron chi connectivity index (χ1n) is 14.0. The van der Waals surface area contributed by atoms with Crippen LogP contribution in [0.3, 0.4) is 0 Å². The number of unbranched alkanes of at least 4 members (excludes halogenated alkanes) is 1. The molecule has 224 valence electrons. The first kappa shape index (κ1) is 32.0. The van der Waals surface area contributed by atoms with Gasteiger partial charge >= 0.3 is 6.03 Å². The van der Waals surface area contributed by atoms with Crippen molar-refractivity contribution in [2.45, 2.75) is 39.3 Å². The van der Waals surface area contributed by atoms with E-state index in [4.69, 9.17) is 4.74 Å². The number of piperazine rings is 1. The molecule has 0 unspecified atom stereocenters. The summed E-state index contributed by atoms with van der Waals surface area (Å²) in [6.45, 7) is 9.40. The van der Waals surface area contributed by atoms with Gasteiger partial charge in [-0.3, -0.25) is 19.8 Å². The predicted molar refractivity (Wildman–Crippen MR) is 161 cm³/mol. The minimum atomic E-state index is -0.848. The molecule has 1 atom stereocenters. The third-order valence-corrected chi connectivity index (χ3v) is 6.93. The fraction of sp³-hybridized carbons (Fsp3) is 0.419. The Balaban J connectivity index is 0.000000307. The maximum Gasteiger partial charge on any atom is 0.322 e. The summed E-state index contributed by atoms with van der Waals surface area (Å²) >= 11 is 0. The second-order valence-corrected chi connectivity index (χ2v) is 9.97. The van der Waals surface area contributed by atoms with Gasteiger partial charge in [-0.25, -0.2) is 4.79 Å². The number of methoxy groups -OCH3 is 1. The number of allylic oxidation sites excluding steroid dienone is 5. The number of hydrogen-bond acceptors (Lipinski definition) is 7. The molecule has 0 spiro atoms. The first-order chi connectivity index (χ1) is 20.3. The Kier molecular flexibility index (Phi) is 12.2. The molecule has 1 aromatic carbocycles. The van der Waals surface area contributed by atoms with Crippen LogP contribution in [0.2, 0.25) is 0 Å². The molecule has 1 aromatic rings. The highest BCUT2D eigenvalue weighted by Crippen LogP contribution is 2.25. The zero-order valence-corrected chi connectivity index (χ0v) is 24.7. The number of oxime groups is 1. The van der Waals surface area contributed by atoms with Crippen LogP contribution < -0.4 is 15.4 Å². The van der Waals surface area contributed by atoms with Gasteiger partial charge in [0, 0.05) is 50.9 Å². The lowest BCUT2D eigenvalue weighted by atomic mass is 10.1. The number of nitrogens with one attached hydrogen (secondary N) is 2. The van der Waals surface area contributed by atoms with Crippen LogP contribution in [-0.2, 0) is 11.3 Å². The highest BCUT2D eigenvalue weighted by atomic mass is 16.5. The van der Waals surface area contributed by atoms with Gasteiger partial charge in [-0.2, -0.15) is 0 Å². The van der Waals surface area contributed by atoms with Crippen LogP contribution in [-0.4, -0.2) is 96.5 Å². The summed E-state index contributed by atoms with van der Waals surface area (Å²) in [6, 6.07) is 4.23. The molecule has 3 aliphatic heterocycles. The van der Waals surface area contributed by atoms with Crippen molar-refractivity contribution in [3.63, 3.8) is 0 Å². The zero-order chi connectivity index (χ0) is 30.5. The Bertz CT molecular complexity index is 1310. The molecule has 2 fully saturated rings. The smallest absolute Gasteiger partial charge is 0.322 e.